The van der Waals surface area contributed by atoms with Crippen LogP contribution in [0.5, 0.6) is 0 Å². The fourth-order valence-electron chi connectivity index (χ4n) is 8.45. The Morgan fingerprint density at radius 2 is 1.50 bits per heavy atom. The van der Waals surface area contributed by atoms with Gasteiger partial charge in [0.25, 0.3) is 5.56 Å². The fraction of sp³-hybridized carbons (Fsp3) is 0.370. The van der Waals surface area contributed by atoms with Gasteiger partial charge >= 0.3 is 5.69 Å². The lowest BCUT2D eigenvalue weighted by Crippen LogP contribution is -2.38. The van der Waals surface area contributed by atoms with Crippen molar-refractivity contribution in [1.82, 2.24) is 24.2 Å². The Bertz CT molecular complexity index is 2620. The molecule has 6 aromatic rings. The highest BCUT2D eigenvalue weighted by molar-refractivity contribution is 5.89. The standard InChI is InChI=1S/C29H29N5O2.C25H37NO4/c1-20(2)18-33-27-25(28(35)32(3)29(33)36)26(30-24-12-8-5-9-13-24)34(31-27)19-21-14-16-23(17-15-21)22-10-6-4-7-11-22;1-2-26-25(30)13-9-4-3-8-12-21-22(24(29)18-23(21)28)17-16-20(27)15-14-19-10-6-5-7-11-19/h4-17,20,30H,18-19H2,1-3H3;3,5-8,10-11,16-17,20-24,27-29H,2,4,9,12-15,18H2,1H3,(H,26,30)/b;8-3-,17-16+/t;20-,21+,22+,23-,24+/m.0/s1. The molecule has 348 valence electrons. The number of carbonyl (C=O) groups excluding carboxylic acids is 1. The van der Waals surface area contributed by atoms with Crippen LogP contribution in [0.4, 0.5) is 11.5 Å². The zero-order valence-corrected chi connectivity index (χ0v) is 38.7. The number of fused-ring (bicyclic) bond motifs is 1. The van der Waals surface area contributed by atoms with Crippen LogP contribution in [-0.2, 0) is 31.4 Å². The Kier molecular flexibility index (Phi) is 18.0. The van der Waals surface area contributed by atoms with E-state index in [2.05, 4.69) is 47.0 Å². The predicted octanol–water partition coefficient (Wildman–Crippen LogP) is 8.16. The van der Waals surface area contributed by atoms with Gasteiger partial charge in [0.1, 0.15) is 11.2 Å². The van der Waals surface area contributed by atoms with E-state index in [9.17, 15) is 29.7 Å². The van der Waals surface area contributed by atoms with Crippen molar-refractivity contribution in [2.45, 2.75) is 97.1 Å². The molecular formula is C54H66N6O6. The third kappa shape index (κ3) is 13.4. The topological polar surface area (TPSA) is 164 Å². The molecule has 0 saturated heterocycles. The third-order valence-corrected chi connectivity index (χ3v) is 12.0. The van der Waals surface area contributed by atoms with Gasteiger partial charge in [0.2, 0.25) is 5.91 Å². The molecule has 2 aromatic heterocycles. The minimum absolute atomic E-state index is 0.0581. The highest BCUT2D eigenvalue weighted by Crippen LogP contribution is 2.36. The van der Waals surface area contributed by atoms with E-state index in [4.69, 9.17) is 5.10 Å². The zero-order chi connectivity index (χ0) is 47.0. The van der Waals surface area contributed by atoms with E-state index >= 15 is 0 Å². The second-order valence-corrected chi connectivity index (χ2v) is 17.6. The first-order valence-electron chi connectivity index (χ1n) is 23.3. The average molecular weight is 895 g/mol. The highest BCUT2D eigenvalue weighted by atomic mass is 16.3. The largest absolute Gasteiger partial charge is 0.393 e. The maximum Gasteiger partial charge on any atom is 0.332 e. The summed E-state index contributed by atoms with van der Waals surface area (Å²) in [5.41, 5.74) is 5.03. The Morgan fingerprint density at radius 3 is 2.17 bits per heavy atom. The van der Waals surface area contributed by atoms with E-state index in [-0.39, 0.29) is 34.9 Å². The molecule has 1 aliphatic rings. The number of allylic oxidation sites excluding steroid dienone is 2. The number of hydrogen-bond donors (Lipinski definition) is 5. The lowest BCUT2D eigenvalue weighted by Gasteiger charge is -2.19. The summed E-state index contributed by atoms with van der Waals surface area (Å²) in [5.74, 6) is 0.644. The monoisotopic (exact) mass is 895 g/mol. The van der Waals surface area contributed by atoms with Crippen molar-refractivity contribution < 1.29 is 20.1 Å². The number of nitrogens with zero attached hydrogens (tertiary/aromatic N) is 4. The van der Waals surface area contributed by atoms with Crippen LogP contribution in [0.25, 0.3) is 22.2 Å². The molecule has 1 amide bonds. The normalized spacial score (nSPS) is 17.6. The van der Waals surface area contributed by atoms with Crippen molar-refractivity contribution >= 4 is 28.4 Å². The van der Waals surface area contributed by atoms with Crippen molar-refractivity contribution in [3.63, 3.8) is 0 Å². The maximum atomic E-state index is 13.3. The molecule has 2 heterocycles. The van der Waals surface area contributed by atoms with Crippen LogP contribution < -0.4 is 21.9 Å². The molecule has 12 heteroatoms. The number of amides is 1. The molecule has 0 bridgehead atoms. The summed E-state index contributed by atoms with van der Waals surface area (Å²) in [4.78, 5) is 37.8. The van der Waals surface area contributed by atoms with Gasteiger partial charge in [0.05, 0.1) is 24.9 Å². The van der Waals surface area contributed by atoms with Crippen molar-refractivity contribution in [2.24, 2.45) is 24.8 Å². The summed E-state index contributed by atoms with van der Waals surface area (Å²) in [7, 11) is 1.52. The predicted molar refractivity (Wildman–Crippen MR) is 265 cm³/mol. The molecule has 1 fully saturated rings. The number of aryl methyl sites for hydroxylation is 1. The van der Waals surface area contributed by atoms with Gasteiger partial charge in [-0.05, 0) is 85.3 Å². The van der Waals surface area contributed by atoms with Crippen molar-refractivity contribution in [3.05, 3.63) is 172 Å². The van der Waals surface area contributed by atoms with Gasteiger partial charge in [0, 0.05) is 44.6 Å². The van der Waals surface area contributed by atoms with E-state index < -0.39 is 18.3 Å². The van der Waals surface area contributed by atoms with Crippen molar-refractivity contribution in [3.8, 4) is 11.1 Å². The van der Waals surface area contributed by atoms with Crippen molar-refractivity contribution in [2.75, 3.05) is 11.9 Å². The van der Waals surface area contributed by atoms with Gasteiger partial charge in [0.15, 0.2) is 5.65 Å². The molecular weight excluding hydrogens is 829 g/mol. The molecule has 5 atom stereocenters. The molecule has 1 saturated carbocycles. The van der Waals surface area contributed by atoms with Gasteiger partial charge in [-0.3, -0.25) is 18.7 Å². The summed E-state index contributed by atoms with van der Waals surface area (Å²) in [6, 6.07) is 38.3. The molecule has 0 unspecified atom stereocenters. The molecule has 66 heavy (non-hydrogen) atoms. The summed E-state index contributed by atoms with van der Waals surface area (Å²) < 4.78 is 4.56. The first-order chi connectivity index (χ1) is 31.9. The number of carbonyl (C=O) groups is 1. The van der Waals surface area contributed by atoms with Gasteiger partial charge < -0.3 is 26.0 Å². The highest BCUT2D eigenvalue weighted by Gasteiger charge is 2.39. The number of anilines is 2. The van der Waals surface area contributed by atoms with E-state index in [1.54, 1.807) is 15.3 Å². The molecule has 0 spiro atoms. The molecule has 0 aliphatic heterocycles. The van der Waals surface area contributed by atoms with Crippen LogP contribution in [0.15, 0.2) is 149 Å². The van der Waals surface area contributed by atoms with E-state index in [1.807, 2.05) is 118 Å². The van der Waals surface area contributed by atoms with Gasteiger partial charge in [-0.2, -0.15) is 5.10 Å². The Hall–Kier alpha value is -6.34. The number of aromatic nitrogens is 4. The summed E-state index contributed by atoms with van der Waals surface area (Å²) >= 11 is 0. The van der Waals surface area contributed by atoms with E-state index in [0.717, 1.165) is 41.6 Å². The minimum Gasteiger partial charge on any atom is -0.393 e. The Labute approximate surface area is 388 Å². The number of rotatable bonds is 19. The molecule has 5 N–H and O–H groups in total. The molecule has 0 radical (unpaired) electrons. The zero-order valence-electron chi connectivity index (χ0n) is 38.7. The maximum absolute atomic E-state index is 13.3. The second kappa shape index (κ2) is 24.3. The smallest absolute Gasteiger partial charge is 0.332 e. The SMILES string of the molecule is CC(C)Cn1c(=O)n(C)c(=O)c2c(Nc3ccccc3)n(Cc3ccc(-c4ccccc4)cc3)nc21.CCNC(=O)CCC/C=C\C[C@@H]1[C@@H](/C=C/[C@@H](O)CCc2ccccc2)[C@H](O)C[C@@H]1O. The summed E-state index contributed by atoms with van der Waals surface area (Å²) in [6.07, 6.45) is 10.6. The lowest BCUT2D eigenvalue weighted by molar-refractivity contribution is -0.121. The number of benzene rings is 4. The number of unbranched alkanes of at least 4 members (excludes halogenated alkanes) is 1. The van der Waals surface area contributed by atoms with Gasteiger partial charge in [-0.1, -0.05) is 141 Å². The number of nitrogens with one attached hydrogen (secondary N) is 2. The Morgan fingerprint density at radius 1 is 0.848 bits per heavy atom. The number of hydrogen-bond acceptors (Lipinski definition) is 8. The van der Waals surface area contributed by atoms with E-state index in [0.29, 0.717) is 62.2 Å². The van der Waals surface area contributed by atoms with Crippen LogP contribution in [0.3, 0.4) is 0 Å². The van der Waals surface area contributed by atoms with Crippen LogP contribution >= 0.6 is 0 Å². The van der Waals surface area contributed by atoms with Gasteiger partial charge in [-0.15, -0.1) is 0 Å². The van der Waals surface area contributed by atoms with Crippen LogP contribution in [-0.4, -0.2) is 65.0 Å². The number of aliphatic hydroxyl groups is 3. The summed E-state index contributed by atoms with van der Waals surface area (Å²) in [6.45, 7) is 7.56. The second-order valence-electron chi connectivity index (χ2n) is 17.6. The minimum atomic E-state index is -0.589. The molecule has 7 rings (SSSR count). The van der Waals surface area contributed by atoms with Crippen LogP contribution in [0.1, 0.15) is 70.4 Å². The van der Waals surface area contributed by atoms with Gasteiger partial charge in [-0.25, -0.2) is 9.48 Å². The Balaban J connectivity index is 0.000000223. The molecule has 12 nitrogen and oxygen atoms in total. The summed E-state index contributed by atoms with van der Waals surface area (Å²) in [5, 5.41) is 42.4. The first-order valence-corrected chi connectivity index (χ1v) is 23.3. The van der Waals surface area contributed by atoms with Crippen molar-refractivity contribution in [1.29, 1.82) is 0 Å². The first kappa shape index (κ1) is 49.1. The van der Waals surface area contributed by atoms with Crippen LogP contribution in [0.2, 0.25) is 0 Å². The molecule has 1 aliphatic carbocycles. The average Bonchev–Trinajstić information content (AvgIpc) is 3.81. The molecule has 4 aromatic carbocycles. The fourth-order valence-corrected chi connectivity index (χ4v) is 8.45. The number of para-hydroxylation sites is 1. The lowest BCUT2D eigenvalue weighted by atomic mass is 9.89. The van der Waals surface area contributed by atoms with E-state index in [1.165, 1.54) is 17.2 Å². The quantitative estimate of drug-likeness (QED) is 0.0402. The number of aliphatic hydroxyl groups excluding tert-OH is 3. The third-order valence-electron chi connectivity index (χ3n) is 12.0. The van der Waals surface area contributed by atoms with Crippen LogP contribution in [0, 0.1) is 17.8 Å².